The number of carbonyl (C=O) groups is 1. The van der Waals surface area contributed by atoms with Crippen LogP contribution in [-0.4, -0.2) is 21.1 Å². The van der Waals surface area contributed by atoms with E-state index >= 15 is 0 Å². The first-order valence-electron chi connectivity index (χ1n) is 7.06. The van der Waals surface area contributed by atoms with Crippen molar-refractivity contribution in [2.75, 3.05) is 0 Å². The molecule has 1 rings (SSSR count). The molecule has 17 heavy (non-hydrogen) atoms. The van der Waals surface area contributed by atoms with Crippen LogP contribution in [0.4, 0.5) is 0 Å². The third-order valence-electron chi connectivity index (χ3n) is 3.64. The van der Waals surface area contributed by atoms with E-state index in [0.29, 0.717) is 5.25 Å². The summed E-state index contributed by atoms with van der Waals surface area (Å²) in [6, 6.07) is 0. The summed E-state index contributed by atoms with van der Waals surface area (Å²) in [6.45, 7) is 4.18. The summed E-state index contributed by atoms with van der Waals surface area (Å²) in [6.07, 6.45) is 9.89. The van der Waals surface area contributed by atoms with Crippen LogP contribution >= 0.6 is 11.8 Å². The largest absolute Gasteiger partial charge is 0.480 e. The Kier molecular flexibility index (Phi) is 6.39. The lowest BCUT2D eigenvalue weighted by Gasteiger charge is -2.34. The second-order valence-electron chi connectivity index (χ2n) is 5.18. The fourth-order valence-electron chi connectivity index (χ4n) is 2.82. The lowest BCUT2D eigenvalue weighted by atomic mass is 9.97. The van der Waals surface area contributed by atoms with Gasteiger partial charge in [0.25, 0.3) is 0 Å². The van der Waals surface area contributed by atoms with Crippen molar-refractivity contribution in [2.45, 2.75) is 81.6 Å². The second kappa shape index (κ2) is 7.30. The Morgan fingerprint density at radius 3 is 2.12 bits per heavy atom. The first-order valence-corrected chi connectivity index (χ1v) is 7.94. The quantitative estimate of drug-likeness (QED) is 0.731. The van der Waals surface area contributed by atoms with Crippen molar-refractivity contribution in [3.63, 3.8) is 0 Å². The fourth-order valence-corrected chi connectivity index (χ4v) is 4.77. The van der Waals surface area contributed by atoms with Gasteiger partial charge in [-0.15, -0.1) is 11.8 Å². The van der Waals surface area contributed by atoms with E-state index in [1.54, 1.807) is 11.8 Å². The summed E-state index contributed by atoms with van der Waals surface area (Å²) in [7, 11) is 0. The Morgan fingerprint density at radius 1 is 1.18 bits per heavy atom. The molecule has 0 bridgehead atoms. The van der Waals surface area contributed by atoms with Gasteiger partial charge in [0.2, 0.25) is 0 Å². The zero-order valence-corrected chi connectivity index (χ0v) is 12.0. The van der Waals surface area contributed by atoms with Crippen molar-refractivity contribution in [3.8, 4) is 0 Å². The number of hydrogen-bond acceptors (Lipinski definition) is 2. The van der Waals surface area contributed by atoms with Crippen molar-refractivity contribution < 1.29 is 9.90 Å². The molecule has 1 N–H and O–H groups in total. The minimum absolute atomic E-state index is 0.508. The van der Waals surface area contributed by atoms with Crippen LogP contribution in [0.15, 0.2) is 0 Å². The summed E-state index contributed by atoms with van der Waals surface area (Å²) >= 11 is 1.77. The van der Waals surface area contributed by atoms with Gasteiger partial charge in [-0.25, -0.2) is 0 Å². The van der Waals surface area contributed by atoms with Gasteiger partial charge in [0, 0.05) is 5.25 Å². The summed E-state index contributed by atoms with van der Waals surface area (Å²) in [5, 5.41) is 10.2. The molecule has 2 nitrogen and oxygen atoms in total. The van der Waals surface area contributed by atoms with Crippen LogP contribution in [0, 0.1) is 0 Å². The fraction of sp³-hybridized carbons (Fsp3) is 0.929. The standard InChI is InChI=1S/C14H26O2S/c1-3-10-14(11-4-2,13(15)16)17-12-8-6-5-7-9-12/h12H,3-11H2,1-2H3,(H,15,16). The highest BCUT2D eigenvalue weighted by atomic mass is 32.2. The molecule has 1 saturated carbocycles. The SMILES string of the molecule is CCCC(CCC)(SC1CCCCC1)C(=O)O. The molecule has 1 aliphatic rings. The van der Waals surface area contributed by atoms with Gasteiger partial charge in [-0.1, -0.05) is 46.0 Å². The van der Waals surface area contributed by atoms with E-state index in [-0.39, 0.29) is 0 Å². The predicted octanol–water partition coefficient (Wildman–Crippen LogP) is 4.48. The van der Waals surface area contributed by atoms with Crippen LogP contribution in [0.5, 0.6) is 0 Å². The van der Waals surface area contributed by atoms with E-state index in [0.717, 1.165) is 25.7 Å². The van der Waals surface area contributed by atoms with Crippen LogP contribution in [0.25, 0.3) is 0 Å². The zero-order valence-electron chi connectivity index (χ0n) is 11.2. The average Bonchev–Trinajstić information content (AvgIpc) is 2.30. The molecule has 0 atom stereocenters. The molecule has 0 unspecified atom stereocenters. The molecule has 0 saturated heterocycles. The van der Waals surface area contributed by atoms with E-state index < -0.39 is 10.7 Å². The maximum Gasteiger partial charge on any atom is 0.319 e. The lowest BCUT2D eigenvalue weighted by Crippen LogP contribution is -2.37. The minimum atomic E-state index is -0.586. The second-order valence-corrected chi connectivity index (χ2v) is 6.86. The Hall–Kier alpha value is -0.180. The Bertz CT molecular complexity index is 228. The van der Waals surface area contributed by atoms with Crippen LogP contribution in [0.3, 0.4) is 0 Å². The molecule has 100 valence electrons. The van der Waals surface area contributed by atoms with Gasteiger partial charge in [0.15, 0.2) is 0 Å². The smallest absolute Gasteiger partial charge is 0.319 e. The molecular formula is C14H26O2S. The van der Waals surface area contributed by atoms with Gasteiger partial charge in [-0.3, -0.25) is 4.79 Å². The minimum Gasteiger partial charge on any atom is -0.480 e. The average molecular weight is 258 g/mol. The topological polar surface area (TPSA) is 37.3 Å². The molecule has 0 spiro atoms. The Morgan fingerprint density at radius 2 is 1.71 bits per heavy atom. The molecule has 0 radical (unpaired) electrons. The summed E-state index contributed by atoms with van der Waals surface area (Å²) < 4.78 is -0.508. The number of hydrogen-bond donors (Lipinski definition) is 1. The van der Waals surface area contributed by atoms with Crippen LogP contribution in [0.1, 0.15) is 71.6 Å². The van der Waals surface area contributed by atoms with Gasteiger partial charge in [0.1, 0.15) is 4.75 Å². The van der Waals surface area contributed by atoms with Crippen molar-refractivity contribution in [1.29, 1.82) is 0 Å². The maximum absolute atomic E-state index is 11.7. The normalized spacial score (nSPS) is 18.2. The third-order valence-corrected chi connectivity index (χ3v) is 5.48. The monoisotopic (exact) mass is 258 g/mol. The van der Waals surface area contributed by atoms with Gasteiger partial charge >= 0.3 is 5.97 Å². The molecule has 1 fully saturated rings. The van der Waals surface area contributed by atoms with Crippen molar-refractivity contribution >= 4 is 17.7 Å². The third kappa shape index (κ3) is 4.20. The summed E-state index contributed by atoms with van der Waals surface area (Å²) in [5.41, 5.74) is 0. The zero-order chi connectivity index (χ0) is 12.7. The van der Waals surface area contributed by atoms with E-state index in [4.69, 9.17) is 0 Å². The number of carboxylic acid groups (broad SMARTS) is 1. The van der Waals surface area contributed by atoms with E-state index in [2.05, 4.69) is 13.8 Å². The molecule has 0 aliphatic heterocycles. The molecule has 0 aromatic carbocycles. The predicted molar refractivity (Wildman–Crippen MR) is 74.6 cm³/mol. The highest BCUT2D eigenvalue weighted by molar-refractivity contribution is 8.02. The van der Waals surface area contributed by atoms with Crippen LogP contribution in [-0.2, 0) is 4.79 Å². The van der Waals surface area contributed by atoms with E-state index in [1.807, 2.05) is 0 Å². The number of rotatable bonds is 7. The molecule has 0 amide bonds. The molecule has 0 heterocycles. The van der Waals surface area contributed by atoms with E-state index in [1.165, 1.54) is 32.1 Å². The van der Waals surface area contributed by atoms with Gasteiger partial charge in [-0.2, -0.15) is 0 Å². The Balaban J connectivity index is 2.68. The first kappa shape index (κ1) is 14.9. The maximum atomic E-state index is 11.7. The highest BCUT2D eigenvalue weighted by Gasteiger charge is 2.39. The van der Waals surface area contributed by atoms with Crippen molar-refractivity contribution in [1.82, 2.24) is 0 Å². The summed E-state index contributed by atoms with van der Waals surface area (Å²) in [4.78, 5) is 11.7. The van der Waals surface area contributed by atoms with Crippen LogP contribution < -0.4 is 0 Å². The van der Waals surface area contributed by atoms with E-state index in [9.17, 15) is 9.90 Å². The van der Waals surface area contributed by atoms with Gasteiger partial charge < -0.3 is 5.11 Å². The van der Waals surface area contributed by atoms with Crippen LogP contribution in [0.2, 0.25) is 0 Å². The Labute approximate surface area is 110 Å². The number of aliphatic carboxylic acids is 1. The molecule has 1 aliphatic carbocycles. The van der Waals surface area contributed by atoms with Crippen molar-refractivity contribution in [3.05, 3.63) is 0 Å². The highest BCUT2D eigenvalue weighted by Crippen LogP contribution is 2.42. The van der Waals surface area contributed by atoms with Crippen molar-refractivity contribution in [2.24, 2.45) is 0 Å². The number of carboxylic acids is 1. The lowest BCUT2D eigenvalue weighted by molar-refractivity contribution is -0.140. The molecule has 0 aromatic heterocycles. The molecular weight excluding hydrogens is 232 g/mol. The van der Waals surface area contributed by atoms with Gasteiger partial charge in [-0.05, 0) is 25.7 Å². The number of thioether (sulfide) groups is 1. The molecule has 3 heteroatoms. The first-order chi connectivity index (χ1) is 8.14. The molecule has 0 aromatic rings. The summed E-state index contributed by atoms with van der Waals surface area (Å²) in [5.74, 6) is -0.586. The van der Waals surface area contributed by atoms with Gasteiger partial charge in [0.05, 0.1) is 0 Å².